The second-order valence-electron chi connectivity index (χ2n) is 3.42. The van der Waals surface area contributed by atoms with Crippen molar-refractivity contribution in [3.8, 4) is 0 Å². The third-order valence-corrected chi connectivity index (χ3v) is 2.59. The molecule has 0 aliphatic carbocycles. The fourth-order valence-electron chi connectivity index (χ4n) is 1.90. The molecule has 1 fully saturated rings. The first kappa shape index (κ1) is 7.74. The van der Waals surface area contributed by atoms with E-state index in [0.717, 1.165) is 0 Å². The monoisotopic (exact) mass is 161 g/mol. The van der Waals surface area contributed by atoms with E-state index in [-0.39, 0.29) is 0 Å². The summed E-state index contributed by atoms with van der Waals surface area (Å²) >= 11 is 0. The number of aromatic nitrogens is 1. The van der Waals surface area contributed by atoms with Crippen molar-refractivity contribution in [3.05, 3.63) is 30.1 Å². The SMILES string of the molecule is [11CH3]N1CCC[C@@H]1c1cccnc1. The van der Waals surface area contributed by atoms with E-state index in [2.05, 4.69) is 23.0 Å². The van der Waals surface area contributed by atoms with Crippen molar-refractivity contribution >= 4 is 0 Å². The summed E-state index contributed by atoms with van der Waals surface area (Å²) in [5.74, 6) is 0. The molecular formula is C10H14N2. The second kappa shape index (κ2) is 3.23. The van der Waals surface area contributed by atoms with Crippen LogP contribution in [0.2, 0.25) is 0 Å². The molecular weight excluding hydrogens is 147 g/mol. The molecule has 12 heavy (non-hydrogen) atoms. The van der Waals surface area contributed by atoms with Gasteiger partial charge in [-0.1, -0.05) is 6.07 Å². The van der Waals surface area contributed by atoms with Gasteiger partial charge in [-0.3, -0.25) is 9.88 Å². The minimum absolute atomic E-state index is 0.610. The lowest BCUT2D eigenvalue weighted by molar-refractivity contribution is 0.317. The molecule has 0 N–H and O–H groups in total. The number of hydrogen-bond acceptors (Lipinski definition) is 2. The van der Waals surface area contributed by atoms with E-state index < -0.39 is 0 Å². The summed E-state index contributed by atoms with van der Waals surface area (Å²) in [6, 6.07) is 4.79. The maximum Gasteiger partial charge on any atom is 0.0360 e. The Morgan fingerprint density at radius 2 is 2.50 bits per heavy atom. The molecule has 1 saturated heterocycles. The number of likely N-dealkylation sites (tertiary alicyclic amines) is 1. The van der Waals surface area contributed by atoms with Gasteiger partial charge in [-0.2, -0.15) is 0 Å². The molecule has 0 aromatic carbocycles. The summed E-state index contributed by atoms with van der Waals surface area (Å²) in [5.41, 5.74) is 1.36. The van der Waals surface area contributed by atoms with Crippen molar-refractivity contribution in [2.75, 3.05) is 13.6 Å². The summed E-state index contributed by atoms with van der Waals surface area (Å²) in [5, 5.41) is 0. The van der Waals surface area contributed by atoms with Crippen LogP contribution in [-0.4, -0.2) is 23.5 Å². The molecule has 0 spiro atoms. The normalized spacial score (nSPS) is 24.6. The Balaban J connectivity index is 2.19. The van der Waals surface area contributed by atoms with Crippen molar-refractivity contribution in [1.82, 2.24) is 9.88 Å². The molecule has 0 radical (unpaired) electrons. The summed E-state index contributed by atoms with van der Waals surface area (Å²) in [6.45, 7) is 1.22. The number of nitrogens with zero attached hydrogens (tertiary/aromatic N) is 2. The number of hydrogen-bond donors (Lipinski definition) is 0. The Hall–Kier alpha value is -0.890. The Morgan fingerprint density at radius 1 is 1.58 bits per heavy atom. The zero-order chi connectivity index (χ0) is 8.39. The van der Waals surface area contributed by atoms with Crippen molar-refractivity contribution in [2.24, 2.45) is 0 Å². The molecule has 0 bridgehead atoms. The van der Waals surface area contributed by atoms with Crippen molar-refractivity contribution in [2.45, 2.75) is 18.9 Å². The zero-order valence-corrected chi connectivity index (χ0v) is 7.40. The molecule has 2 rings (SSSR count). The van der Waals surface area contributed by atoms with E-state index in [9.17, 15) is 0 Å². The van der Waals surface area contributed by atoms with Gasteiger partial charge >= 0.3 is 0 Å². The van der Waals surface area contributed by atoms with E-state index in [1.54, 1.807) is 0 Å². The van der Waals surface area contributed by atoms with Crippen LogP contribution in [-0.2, 0) is 0 Å². The molecule has 0 saturated carbocycles. The van der Waals surface area contributed by atoms with Gasteiger partial charge in [0.25, 0.3) is 0 Å². The lowest BCUT2D eigenvalue weighted by atomic mass is 10.1. The number of pyridine rings is 1. The van der Waals surface area contributed by atoms with Gasteiger partial charge < -0.3 is 0 Å². The predicted molar refractivity (Wildman–Crippen MR) is 48.8 cm³/mol. The van der Waals surface area contributed by atoms with Gasteiger partial charge in [0.05, 0.1) is 0 Å². The van der Waals surface area contributed by atoms with Crippen LogP contribution in [0.1, 0.15) is 24.4 Å². The highest BCUT2D eigenvalue weighted by atomic mass is 15.1. The van der Waals surface area contributed by atoms with Crippen molar-refractivity contribution in [1.29, 1.82) is 0 Å². The minimum Gasteiger partial charge on any atom is -0.299 e. The van der Waals surface area contributed by atoms with E-state index >= 15 is 0 Å². The molecule has 1 aromatic heterocycles. The molecule has 2 heterocycles. The minimum atomic E-state index is 0.610. The Morgan fingerprint density at radius 3 is 3.08 bits per heavy atom. The molecule has 1 aliphatic heterocycles. The maximum absolute atomic E-state index is 4.14. The summed E-state index contributed by atoms with van der Waals surface area (Å²) in [4.78, 5) is 6.54. The lowest BCUT2D eigenvalue weighted by Gasteiger charge is -2.18. The molecule has 1 aromatic rings. The van der Waals surface area contributed by atoms with Crippen LogP contribution in [0.3, 0.4) is 0 Å². The molecule has 1 atom stereocenters. The van der Waals surface area contributed by atoms with Crippen molar-refractivity contribution < 1.29 is 0 Å². The van der Waals surface area contributed by atoms with Gasteiger partial charge in [0, 0.05) is 18.4 Å². The summed E-state index contributed by atoms with van der Waals surface area (Å²) < 4.78 is 0. The summed E-state index contributed by atoms with van der Waals surface area (Å²) in [6.07, 6.45) is 6.41. The van der Waals surface area contributed by atoms with Crippen LogP contribution in [0.15, 0.2) is 24.5 Å². The second-order valence-corrected chi connectivity index (χ2v) is 3.42. The third-order valence-electron chi connectivity index (χ3n) is 2.59. The van der Waals surface area contributed by atoms with Crippen LogP contribution in [0.25, 0.3) is 0 Å². The Labute approximate surface area is 73.2 Å². The highest BCUT2D eigenvalue weighted by molar-refractivity contribution is 5.14. The van der Waals surface area contributed by atoms with Crippen molar-refractivity contribution in [3.63, 3.8) is 0 Å². The molecule has 0 amide bonds. The molecule has 1 aliphatic rings. The van der Waals surface area contributed by atoms with Crippen LogP contribution in [0.4, 0.5) is 0 Å². The van der Waals surface area contributed by atoms with Gasteiger partial charge in [-0.05, 0) is 38.1 Å². The topological polar surface area (TPSA) is 16.1 Å². The standard InChI is InChI=1S/C10H14N2/c1-12-7-3-5-10(12)9-4-2-6-11-8-9/h2,4,6,8,10H,3,5,7H2,1H3/t10-/m1/s1/i1-1. The first-order chi connectivity index (χ1) is 5.88. The van der Waals surface area contributed by atoms with Crippen LogP contribution in [0, 0.1) is 0 Å². The molecule has 2 nitrogen and oxygen atoms in total. The molecule has 0 unspecified atom stereocenters. The van der Waals surface area contributed by atoms with Gasteiger partial charge in [0.15, 0.2) is 0 Å². The molecule has 2 heteroatoms. The Kier molecular flexibility index (Phi) is 2.09. The molecule has 64 valence electrons. The largest absolute Gasteiger partial charge is 0.299 e. The third kappa shape index (κ3) is 1.34. The van der Waals surface area contributed by atoms with Crippen LogP contribution >= 0.6 is 0 Å². The Bertz CT molecular complexity index is 245. The first-order valence-corrected chi connectivity index (χ1v) is 4.48. The fraction of sp³-hybridized carbons (Fsp3) is 0.500. The van der Waals surface area contributed by atoms with Crippen LogP contribution in [0.5, 0.6) is 0 Å². The fourth-order valence-corrected chi connectivity index (χ4v) is 1.90. The van der Waals surface area contributed by atoms with Gasteiger partial charge in [-0.25, -0.2) is 0 Å². The van der Waals surface area contributed by atoms with E-state index in [1.807, 2.05) is 18.5 Å². The van der Waals surface area contributed by atoms with Gasteiger partial charge in [0.1, 0.15) is 0 Å². The average Bonchev–Trinajstić information content (AvgIpc) is 2.53. The first-order valence-electron chi connectivity index (χ1n) is 4.48. The zero-order valence-electron chi connectivity index (χ0n) is 7.40. The highest BCUT2D eigenvalue weighted by Crippen LogP contribution is 2.29. The average molecular weight is 161 g/mol. The van der Waals surface area contributed by atoms with E-state index in [1.165, 1.54) is 24.9 Å². The van der Waals surface area contributed by atoms with Gasteiger partial charge in [-0.15, -0.1) is 0 Å². The lowest BCUT2D eigenvalue weighted by Crippen LogP contribution is -2.17. The smallest absolute Gasteiger partial charge is 0.0360 e. The van der Waals surface area contributed by atoms with E-state index in [0.29, 0.717) is 6.04 Å². The quantitative estimate of drug-likeness (QED) is 0.625. The van der Waals surface area contributed by atoms with Gasteiger partial charge in [0.2, 0.25) is 0 Å². The summed E-state index contributed by atoms with van der Waals surface area (Å²) in [7, 11) is 2.19. The maximum atomic E-state index is 4.14. The number of rotatable bonds is 1. The van der Waals surface area contributed by atoms with E-state index in [4.69, 9.17) is 0 Å². The predicted octanol–water partition coefficient (Wildman–Crippen LogP) is 1.85. The van der Waals surface area contributed by atoms with Crippen LogP contribution < -0.4 is 0 Å². The highest BCUT2D eigenvalue weighted by Gasteiger charge is 2.21.